The maximum Gasteiger partial charge on any atom is 0.308 e. The van der Waals surface area contributed by atoms with E-state index in [9.17, 15) is 4.79 Å². The summed E-state index contributed by atoms with van der Waals surface area (Å²) < 4.78 is 4.70. The predicted octanol–water partition coefficient (Wildman–Crippen LogP) is 2.59. The van der Waals surface area contributed by atoms with Crippen LogP contribution in [0.1, 0.15) is 20.8 Å². The lowest BCUT2D eigenvalue weighted by molar-refractivity contribution is -0.136. The summed E-state index contributed by atoms with van der Waals surface area (Å²) in [6, 6.07) is 0. The molecule has 0 saturated heterocycles. The van der Waals surface area contributed by atoms with Crippen LogP contribution in [-0.4, -0.2) is 5.97 Å². The fourth-order valence-electron chi connectivity index (χ4n) is 0.539. The molecular formula is C10H14O2. The number of hydrogen-bond donors (Lipinski definition) is 0. The van der Waals surface area contributed by atoms with Crippen LogP contribution in [0.5, 0.6) is 0 Å². The fourth-order valence-corrected chi connectivity index (χ4v) is 0.539. The Morgan fingerprint density at radius 1 is 1.33 bits per heavy atom. The smallest absolute Gasteiger partial charge is 0.308 e. The van der Waals surface area contributed by atoms with Crippen molar-refractivity contribution >= 4 is 5.97 Å². The summed E-state index contributed by atoms with van der Waals surface area (Å²) in [6.07, 6.45) is 5.46. The summed E-state index contributed by atoms with van der Waals surface area (Å²) in [4.78, 5) is 10.4. The van der Waals surface area contributed by atoms with Crippen LogP contribution in [-0.2, 0) is 9.53 Å². The molecule has 0 amide bonds. The number of allylic oxidation sites excluding steroid dienone is 4. The highest BCUT2D eigenvalue weighted by molar-refractivity contribution is 5.67. The number of esters is 1. The van der Waals surface area contributed by atoms with Gasteiger partial charge in [0.1, 0.15) is 5.76 Å². The topological polar surface area (TPSA) is 26.3 Å². The molecule has 0 radical (unpaired) electrons. The van der Waals surface area contributed by atoms with Crippen LogP contribution in [0, 0.1) is 0 Å². The standard InChI is InChI=1S/C10H14O2/c1-5-8(2)6-7-9(3)12-10(4)11/h5-7H,3H2,1-2,4H3/b7-6-,8-5-. The van der Waals surface area contributed by atoms with E-state index in [2.05, 4.69) is 6.58 Å². The minimum absolute atomic E-state index is 0.345. The zero-order valence-electron chi connectivity index (χ0n) is 7.76. The molecular weight excluding hydrogens is 152 g/mol. The molecule has 12 heavy (non-hydrogen) atoms. The molecule has 0 aliphatic carbocycles. The van der Waals surface area contributed by atoms with Crippen LogP contribution in [0.3, 0.4) is 0 Å². The highest BCUT2D eigenvalue weighted by atomic mass is 16.5. The van der Waals surface area contributed by atoms with Crippen molar-refractivity contribution in [3.63, 3.8) is 0 Å². The SMILES string of the molecule is C=C(/C=C\C(C)=C/C)OC(C)=O. The third-order valence-electron chi connectivity index (χ3n) is 1.26. The molecule has 0 spiro atoms. The second-order valence-electron chi connectivity index (χ2n) is 2.43. The second kappa shape index (κ2) is 5.35. The molecule has 0 bridgehead atoms. The minimum Gasteiger partial charge on any atom is -0.427 e. The first-order valence-corrected chi connectivity index (χ1v) is 3.74. The van der Waals surface area contributed by atoms with Crippen molar-refractivity contribution in [3.05, 3.63) is 36.1 Å². The van der Waals surface area contributed by atoms with Gasteiger partial charge in [0.2, 0.25) is 0 Å². The van der Waals surface area contributed by atoms with Crippen molar-refractivity contribution in [2.75, 3.05) is 0 Å². The summed E-state index contributed by atoms with van der Waals surface area (Å²) in [5.41, 5.74) is 1.10. The lowest BCUT2D eigenvalue weighted by Crippen LogP contribution is -1.94. The highest BCUT2D eigenvalue weighted by Gasteiger charge is 1.92. The molecule has 0 rings (SSSR count). The normalized spacial score (nSPS) is 11.8. The average molecular weight is 166 g/mol. The fraction of sp³-hybridized carbons (Fsp3) is 0.300. The maximum atomic E-state index is 10.4. The molecule has 0 N–H and O–H groups in total. The molecule has 0 fully saturated rings. The van der Waals surface area contributed by atoms with Gasteiger partial charge in [0.05, 0.1) is 0 Å². The largest absolute Gasteiger partial charge is 0.427 e. The van der Waals surface area contributed by atoms with E-state index in [1.54, 1.807) is 6.08 Å². The van der Waals surface area contributed by atoms with Crippen LogP contribution < -0.4 is 0 Å². The molecule has 0 atom stereocenters. The first kappa shape index (κ1) is 10.7. The molecule has 0 unspecified atom stereocenters. The third kappa shape index (κ3) is 5.47. The van der Waals surface area contributed by atoms with Crippen molar-refractivity contribution in [1.82, 2.24) is 0 Å². The Kier molecular flexibility index (Phi) is 4.77. The van der Waals surface area contributed by atoms with Gasteiger partial charge in [-0.1, -0.05) is 24.3 Å². The molecule has 0 aromatic rings. The van der Waals surface area contributed by atoms with Crippen molar-refractivity contribution in [2.24, 2.45) is 0 Å². The van der Waals surface area contributed by atoms with E-state index < -0.39 is 0 Å². The van der Waals surface area contributed by atoms with Crippen LogP contribution in [0.15, 0.2) is 36.1 Å². The van der Waals surface area contributed by atoms with Gasteiger partial charge >= 0.3 is 5.97 Å². The Hall–Kier alpha value is -1.31. The lowest BCUT2D eigenvalue weighted by Gasteiger charge is -1.97. The first-order chi connectivity index (χ1) is 5.56. The monoisotopic (exact) mass is 166 g/mol. The van der Waals surface area contributed by atoms with E-state index in [1.807, 2.05) is 26.0 Å². The van der Waals surface area contributed by atoms with E-state index in [1.165, 1.54) is 6.92 Å². The summed E-state index contributed by atoms with van der Waals surface area (Å²) in [7, 11) is 0. The van der Waals surface area contributed by atoms with Gasteiger partial charge in [-0.3, -0.25) is 4.79 Å². The molecule has 66 valence electrons. The van der Waals surface area contributed by atoms with Crippen LogP contribution in [0.25, 0.3) is 0 Å². The second-order valence-corrected chi connectivity index (χ2v) is 2.43. The van der Waals surface area contributed by atoms with Gasteiger partial charge in [0, 0.05) is 6.92 Å². The molecule has 0 aromatic carbocycles. The van der Waals surface area contributed by atoms with Gasteiger partial charge in [-0.15, -0.1) is 0 Å². The van der Waals surface area contributed by atoms with Gasteiger partial charge < -0.3 is 4.74 Å². The predicted molar refractivity (Wildman–Crippen MR) is 49.5 cm³/mol. The number of ether oxygens (including phenoxy) is 1. The number of rotatable bonds is 3. The number of carbonyl (C=O) groups is 1. The number of carbonyl (C=O) groups excluding carboxylic acids is 1. The summed E-state index contributed by atoms with van der Waals surface area (Å²) in [5.74, 6) is 0.0199. The van der Waals surface area contributed by atoms with Crippen molar-refractivity contribution in [2.45, 2.75) is 20.8 Å². The Bertz CT molecular complexity index is 234. The molecule has 0 aliphatic heterocycles. The van der Waals surface area contributed by atoms with Gasteiger partial charge in [-0.2, -0.15) is 0 Å². The molecule has 0 aliphatic rings. The van der Waals surface area contributed by atoms with E-state index in [-0.39, 0.29) is 5.97 Å². The molecule has 0 aromatic heterocycles. The summed E-state index contributed by atoms with van der Waals surface area (Å²) >= 11 is 0. The van der Waals surface area contributed by atoms with Crippen LogP contribution in [0.2, 0.25) is 0 Å². The van der Waals surface area contributed by atoms with Crippen molar-refractivity contribution in [3.8, 4) is 0 Å². The highest BCUT2D eigenvalue weighted by Crippen LogP contribution is 2.00. The molecule has 2 heteroatoms. The third-order valence-corrected chi connectivity index (χ3v) is 1.26. The molecule has 0 saturated carbocycles. The van der Waals surface area contributed by atoms with E-state index in [0.29, 0.717) is 5.76 Å². The van der Waals surface area contributed by atoms with E-state index in [0.717, 1.165) is 5.57 Å². The zero-order chi connectivity index (χ0) is 9.56. The Balaban J connectivity index is 4.01. The summed E-state index contributed by atoms with van der Waals surface area (Å²) in [6.45, 7) is 8.79. The lowest BCUT2D eigenvalue weighted by atomic mass is 10.2. The van der Waals surface area contributed by atoms with Gasteiger partial charge in [-0.05, 0) is 19.9 Å². The van der Waals surface area contributed by atoms with E-state index in [4.69, 9.17) is 4.74 Å². The Labute approximate surface area is 73.2 Å². The molecule has 2 nitrogen and oxygen atoms in total. The van der Waals surface area contributed by atoms with Gasteiger partial charge in [-0.25, -0.2) is 0 Å². The van der Waals surface area contributed by atoms with E-state index >= 15 is 0 Å². The Morgan fingerprint density at radius 2 is 1.92 bits per heavy atom. The van der Waals surface area contributed by atoms with Gasteiger partial charge in [0.15, 0.2) is 0 Å². The van der Waals surface area contributed by atoms with Gasteiger partial charge in [0.25, 0.3) is 0 Å². The van der Waals surface area contributed by atoms with Crippen molar-refractivity contribution < 1.29 is 9.53 Å². The quantitative estimate of drug-likeness (QED) is 0.366. The van der Waals surface area contributed by atoms with Crippen molar-refractivity contribution in [1.29, 1.82) is 0 Å². The molecule has 0 heterocycles. The number of hydrogen-bond acceptors (Lipinski definition) is 2. The minimum atomic E-state index is -0.345. The maximum absolute atomic E-state index is 10.4. The first-order valence-electron chi connectivity index (χ1n) is 3.74. The zero-order valence-corrected chi connectivity index (χ0v) is 7.76. The average Bonchev–Trinajstić information content (AvgIpc) is 1.99. The Morgan fingerprint density at radius 3 is 2.33 bits per heavy atom. The van der Waals surface area contributed by atoms with Crippen LogP contribution >= 0.6 is 0 Å². The summed E-state index contributed by atoms with van der Waals surface area (Å²) in [5, 5.41) is 0. The van der Waals surface area contributed by atoms with Crippen LogP contribution in [0.4, 0.5) is 0 Å².